The number of anilines is 7. The molecule has 50 heteroatoms. The number of rotatable bonds is 58. The van der Waals surface area contributed by atoms with Gasteiger partial charge in [-0.2, -0.15) is 0 Å². The van der Waals surface area contributed by atoms with Crippen LogP contribution in [0.2, 0.25) is 5.02 Å². The first kappa shape index (κ1) is 108. The quantitative estimate of drug-likeness (QED) is 0.0205. The van der Waals surface area contributed by atoms with Gasteiger partial charge in [0.15, 0.2) is 29.1 Å². The molecule has 0 fully saturated rings. The molecule has 10 heterocycles. The number of carbonyl (C=O) groups excluding carboxylic acids is 12. The molecule has 1 atom stereocenters. The van der Waals surface area contributed by atoms with E-state index < -0.39 is 65.1 Å². The number of imidazole rings is 4. The van der Waals surface area contributed by atoms with Crippen molar-refractivity contribution in [2.45, 2.75) is 65.3 Å². The maximum absolute atomic E-state index is 13.6. The summed E-state index contributed by atoms with van der Waals surface area (Å²) in [6, 6.07) is 18.5. The predicted molar refractivity (Wildman–Crippen MR) is 529 cm³/mol. The number of aromatic nitrogens is 14. The Kier molecular flexibility index (Phi) is 40.3. The minimum atomic E-state index is -0.642. The summed E-state index contributed by atoms with van der Waals surface area (Å²) in [5, 5.41) is 42.9. The van der Waals surface area contributed by atoms with E-state index in [1.54, 1.807) is 102 Å². The zero-order valence-electron chi connectivity index (χ0n) is 81.4. The smallest absolute Gasteiger partial charge is 0.291 e. The number of thiophene rings is 1. The Morgan fingerprint density at radius 1 is 0.382 bits per heavy atom. The Balaban J connectivity index is 0.415. The van der Waals surface area contributed by atoms with Crippen LogP contribution in [0.15, 0.2) is 121 Å². The lowest BCUT2D eigenvalue weighted by atomic mass is 9.99. The number of hydrogen-bond donors (Lipinski definition) is 12. The second kappa shape index (κ2) is 53.8. The molecule has 0 bridgehead atoms. The summed E-state index contributed by atoms with van der Waals surface area (Å²) < 4.78 is 62.8. The van der Waals surface area contributed by atoms with E-state index in [0.29, 0.717) is 140 Å². The number of amides is 12. The number of halogens is 1. The van der Waals surface area contributed by atoms with Gasteiger partial charge in [0.1, 0.15) is 46.3 Å². The average molecular weight is 2030 g/mol. The van der Waals surface area contributed by atoms with Crippen LogP contribution in [0.4, 0.5) is 40.2 Å². The van der Waals surface area contributed by atoms with Gasteiger partial charge in [-0.1, -0.05) is 23.7 Å². The predicted octanol–water partition coefficient (Wildman–Crippen LogP) is 5.65. The van der Waals surface area contributed by atoms with E-state index in [-0.39, 0.29) is 159 Å². The lowest BCUT2D eigenvalue weighted by Crippen LogP contribution is -2.33. The fourth-order valence-electron chi connectivity index (χ4n) is 14.6. The van der Waals surface area contributed by atoms with Gasteiger partial charge in [0.2, 0.25) is 47.0 Å². The van der Waals surface area contributed by atoms with Gasteiger partial charge in [-0.15, -0.1) is 21.5 Å². The van der Waals surface area contributed by atoms with Crippen molar-refractivity contribution in [2.75, 3.05) is 182 Å². The van der Waals surface area contributed by atoms with Gasteiger partial charge in [-0.05, 0) is 87.4 Å². The fourth-order valence-corrected chi connectivity index (χ4v) is 15.9. The minimum absolute atomic E-state index is 0.00147. The maximum atomic E-state index is 13.6. The van der Waals surface area contributed by atoms with Crippen molar-refractivity contribution < 1.29 is 100 Å². The van der Waals surface area contributed by atoms with Crippen LogP contribution in [0.25, 0.3) is 5.00 Å². The van der Waals surface area contributed by atoms with Crippen molar-refractivity contribution in [2.24, 2.45) is 54.3 Å². The van der Waals surface area contributed by atoms with Crippen LogP contribution in [0.1, 0.15) is 152 Å². The molecule has 12 rings (SSSR count). The molecule has 144 heavy (non-hydrogen) atoms. The largest absolute Gasteiger partial charge is 0.491 e. The van der Waals surface area contributed by atoms with E-state index in [1.807, 2.05) is 35.8 Å². The number of hydrogen-bond acceptors (Lipinski definition) is 29. The zero-order chi connectivity index (χ0) is 103. The molecule has 0 saturated carbocycles. The van der Waals surface area contributed by atoms with Gasteiger partial charge in [-0.25, -0.2) is 19.9 Å². The average Bonchev–Trinajstić information content (AvgIpc) is 1.59. The minimum Gasteiger partial charge on any atom is -0.491 e. The van der Waals surface area contributed by atoms with Crippen molar-refractivity contribution in [1.29, 1.82) is 0 Å². The van der Waals surface area contributed by atoms with Crippen LogP contribution >= 0.6 is 22.9 Å². The standard InChI is InChI=1S/C94H118ClN27O21S/c1-58-59(2)144-94-80(58)81(61-13-15-62(95)16-14-61)106-68(82-114-113-60(3)122(82)94)51-79(127)102-63-17-19-67(20-18-63)143-47-46-142-45-44-141-43-42-140-41-40-139-39-38-138-37-36-137-35-34-136-33-32-135-31-29-96-75(123)21-25-100-91(132)85-111-74(57-120(85)9)112-89(130)71-48-64(52-118(71)7)103-77(125)22-27-101-90(131)84-109-72(55-119(84)8)107-76(124)12-11-24-98-87(128)69-50-66(54-116(69)5)105-93(134)86-110-73(56-121(86)10)108-78(126)23-26-99-88(129)70-49-65(53-117(70)6)104-92(133)83-97-28-30-115(83)4/h13-20,28,30,48-50,52-57,68H,11-12,21-27,29,31-47,51H2,1-10H3,(H,96,123)(H,98,128)(H,99,129)(H,100,132)(H,101,131)(H,102,127)(H,103,125)(H,104,133)(H,105,134)(H,107,124)(H,108,126)(H,112,130)/t68-/m1/s1. The lowest BCUT2D eigenvalue weighted by molar-refractivity contribution is -0.121. The molecule has 1 aliphatic rings. The summed E-state index contributed by atoms with van der Waals surface area (Å²) in [5.41, 5.74) is 5.89. The van der Waals surface area contributed by atoms with Crippen LogP contribution in [0, 0.1) is 20.8 Å². The summed E-state index contributed by atoms with van der Waals surface area (Å²) in [7, 11) is 11.2. The van der Waals surface area contributed by atoms with Gasteiger partial charge in [0.05, 0.1) is 135 Å². The highest BCUT2D eigenvalue weighted by Crippen LogP contribution is 2.40. The van der Waals surface area contributed by atoms with Gasteiger partial charge in [0.25, 0.3) is 41.4 Å². The summed E-state index contributed by atoms with van der Waals surface area (Å²) in [4.78, 5) is 180. The molecule has 48 nitrogen and oxygen atoms in total. The molecule has 9 aromatic heterocycles. The molecule has 12 amide bonds. The van der Waals surface area contributed by atoms with Crippen LogP contribution in [0.5, 0.6) is 5.75 Å². The van der Waals surface area contributed by atoms with E-state index in [0.717, 1.165) is 32.3 Å². The van der Waals surface area contributed by atoms with Crippen molar-refractivity contribution in [3.8, 4) is 10.8 Å². The lowest BCUT2D eigenvalue weighted by Gasteiger charge is -2.13. The molecule has 0 radical (unpaired) electrons. The maximum Gasteiger partial charge on any atom is 0.291 e. The Labute approximate surface area is 836 Å². The van der Waals surface area contributed by atoms with Gasteiger partial charge in [0, 0.05) is 184 Å². The molecule has 768 valence electrons. The Morgan fingerprint density at radius 3 is 1.31 bits per heavy atom. The second-order valence-electron chi connectivity index (χ2n) is 32.9. The second-order valence-corrected chi connectivity index (χ2v) is 34.5. The number of nitrogens with zero attached hydrogens (tertiary/aromatic N) is 15. The first-order valence-electron chi connectivity index (χ1n) is 46.2. The first-order chi connectivity index (χ1) is 69.4. The Morgan fingerprint density at radius 2 is 0.806 bits per heavy atom. The van der Waals surface area contributed by atoms with Crippen LogP contribution in [-0.2, 0) is 111 Å². The fraction of sp³-hybridized carbons (Fsp3) is 0.415. The molecule has 11 aromatic rings. The first-order valence-corrected chi connectivity index (χ1v) is 47.4. The van der Waals surface area contributed by atoms with E-state index in [9.17, 15) is 57.5 Å². The highest BCUT2D eigenvalue weighted by molar-refractivity contribution is 7.15. The van der Waals surface area contributed by atoms with Gasteiger partial charge >= 0.3 is 0 Å². The number of aliphatic imine (C=N–C) groups is 1. The van der Waals surface area contributed by atoms with E-state index in [4.69, 9.17) is 59.2 Å². The monoisotopic (exact) mass is 2030 g/mol. The van der Waals surface area contributed by atoms with Crippen molar-refractivity contribution in [3.05, 3.63) is 195 Å². The summed E-state index contributed by atoms with van der Waals surface area (Å²) in [5.74, 6) is -3.64. The number of carbonyl (C=O) groups is 12. The third-order valence-electron chi connectivity index (χ3n) is 21.9. The number of fused-ring (bicyclic) bond motifs is 3. The third-order valence-corrected chi connectivity index (χ3v) is 23.3. The van der Waals surface area contributed by atoms with E-state index >= 15 is 0 Å². The molecule has 0 aliphatic carbocycles. The molecule has 1 aliphatic heterocycles. The van der Waals surface area contributed by atoms with E-state index in [1.165, 1.54) is 82.8 Å². The molecular formula is C94H118ClN27O21S. The SMILES string of the molecule is Cc1sc2c(c1C)C(c1ccc(Cl)cc1)=N[C@H](CC(=O)Nc1ccc(OCCOCCOCCOCCOCCOCCOCCOCCOCCNC(=O)CCNC(=O)c3nc(NC(=O)c4cc(NC(=O)CCNC(=O)c5nc(NC(=O)CCCNC(=O)c6cc(NC(=O)c7nc(NC(=O)CCNC(=O)c8cc(NC(=O)c9nccn9C)cn8C)cn7C)cn6C)cn5C)cn4C)cn3C)cc1)c1nnc(C)n1-2. The molecule has 12 N–H and O–H groups in total. The summed E-state index contributed by atoms with van der Waals surface area (Å²) in [6.07, 6.45) is 11.9. The highest BCUT2D eigenvalue weighted by Gasteiger charge is 2.34. The summed E-state index contributed by atoms with van der Waals surface area (Å²) >= 11 is 7.92. The van der Waals surface area contributed by atoms with Gasteiger partial charge < -0.3 is 138 Å². The number of nitrogens with one attached hydrogen (secondary N) is 12. The van der Waals surface area contributed by atoms with Crippen LogP contribution in [-0.4, -0.2) is 288 Å². The Bertz CT molecular complexity index is 6340. The molecule has 2 aromatic carbocycles. The van der Waals surface area contributed by atoms with Crippen LogP contribution in [0.3, 0.4) is 0 Å². The third kappa shape index (κ3) is 31.8. The normalized spacial score (nSPS) is 12.0. The molecular weight excluding hydrogens is 1910 g/mol. The topological polar surface area (TPSA) is 561 Å². The van der Waals surface area contributed by atoms with Crippen molar-refractivity contribution >= 4 is 140 Å². The number of aryl methyl sites for hydroxylation is 9. The number of benzene rings is 2. The number of ether oxygens (including phenoxy) is 9. The van der Waals surface area contributed by atoms with Gasteiger partial charge in [-0.3, -0.25) is 67.1 Å². The highest BCUT2D eigenvalue weighted by atomic mass is 35.5. The van der Waals surface area contributed by atoms with E-state index in [2.05, 4.69) is 108 Å². The molecule has 0 unspecified atom stereocenters. The van der Waals surface area contributed by atoms with Crippen molar-refractivity contribution in [1.82, 2.24) is 93.3 Å². The zero-order valence-corrected chi connectivity index (χ0v) is 83.0. The van der Waals surface area contributed by atoms with Crippen molar-refractivity contribution in [3.63, 3.8) is 0 Å². The van der Waals surface area contributed by atoms with Crippen LogP contribution < -0.4 is 68.5 Å². The summed E-state index contributed by atoms with van der Waals surface area (Å²) in [6.45, 7) is 12.6. The Hall–Kier alpha value is -15.0. The molecule has 0 spiro atoms. The molecule has 0 saturated heterocycles.